The largest absolute Gasteiger partial charge is 0.480 e. The van der Waals surface area contributed by atoms with Crippen molar-refractivity contribution in [3.63, 3.8) is 0 Å². The molecular weight excluding hydrogens is 188 g/mol. The molecular formula is C12H16N2O. The van der Waals surface area contributed by atoms with Crippen molar-refractivity contribution < 1.29 is 4.74 Å². The lowest BCUT2D eigenvalue weighted by Crippen LogP contribution is -2.03. The lowest BCUT2D eigenvalue weighted by atomic mass is 9.90. The predicted octanol–water partition coefficient (Wildman–Crippen LogP) is 2.69. The Morgan fingerprint density at radius 3 is 2.93 bits per heavy atom. The Bertz CT molecular complexity index is 374. The average molecular weight is 204 g/mol. The van der Waals surface area contributed by atoms with Crippen molar-refractivity contribution in [2.24, 2.45) is 5.92 Å². The van der Waals surface area contributed by atoms with Crippen LogP contribution >= 0.6 is 0 Å². The molecule has 2 rings (SSSR count). The topological polar surface area (TPSA) is 35.0 Å². The SMILES string of the molecule is COc1cncc(C2=CCC(C)CC2)n1. The third-order valence-electron chi connectivity index (χ3n) is 2.82. The molecule has 0 N–H and O–H groups in total. The van der Waals surface area contributed by atoms with Gasteiger partial charge in [0, 0.05) is 0 Å². The van der Waals surface area contributed by atoms with Gasteiger partial charge in [0.25, 0.3) is 0 Å². The molecule has 0 radical (unpaired) electrons. The van der Waals surface area contributed by atoms with Gasteiger partial charge in [0.05, 0.1) is 25.2 Å². The number of methoxy groups -OCH3 is 1. The fraction of sp³-hybridized carbons (Fsp3) is 0.500. The Kier molecular flexibility index (Phi) is 2.99. The highest BCUT2D eigenvalue weighted by Crippen LogP contribution is 2.28. The summed E-state index contributed by atoms with van der Waals surface area (Å²) >= 11 is 0. The van der Waals surface area contributed by atoms with E-state index < -0.39 is 0 Å². The first-order chi connectivity index (χ1) is 7.29. The first kappa shape index (κ1) is 10.1. The van der Waals surface area contributed by atoms with Crippen LogP contribution in [0.4, 0.5) is 0 Å². The van der Waals surface area contributed by atoms with Gasteiger partial charge in [-0.25, -0.2) is 4.98 Å². The molecule has 3 heteroatoms. The summed E-state index contributed by atoms with van der Waals surface area (Å²) in [6.45, 7) is 2.28. The summed E-state index contributed by atoms with van der Waals surface area (Å²) < 4.78 is 5.07. The summed E-state index contributed by atoms with van der Waals surface area (Å²) in [4.78, 5) is 8.51. The second-order valence-electron chi connectivity index (χ2n) is 4.06. The fourth-order valence-electron chi connectivity index (χ4n) is 1.80. The number of allylic oxidation sites excluding steroid dienone is 2. The summed E-state index contributed by atoms with van der Waals surface area (Å²) in [7, 11) is 1.62. The van der Waals surface area contributed by atoms with Crippen molar-refractivity contribution in [1.29, 1.82) is 0 Å². The molecule has 1 aliphatic carbocycles. The van der Waals surface area contributed by atoms with E-state index in [0.29, 0.717) is 5.88 Å². The van der Waals surface area contributed by atoms with Gasteiger partial charge in [-0.2, -0.15) is 0 Å². The van der Waals surface area contributed by atoms with Crippen LogP contribution < -0.4 is 4.74 Å². The molecule has 1 heterocycles. The van der Waals surface area contributed by atoms with Crippen LogP contribution in [0, 0.1) is 5.92 Å². The Morgan fingerprint density at radius 1 is 1.40 bits per heavy atom. The molecule has 1 aliphatic rings. The molecule has 80 valence electrons. The van der Waals surface area contributed by atoms with Crippen LogP contribution in [0.2, 0.25) is 0 Å². The maximum Gasteiger partial charge on any atom is 0.232 e. The van der Waals surface area contributed by atoms with Gasteiger partial charge < -0.3 is 4.74 Å². The molecule has 1 atom stereocenters. The molecule has 0 aromatic carbocycles. The first-order valence-corrected chi connectivity index (χ1v) is 5.35. The summed E-state index contributed by atoms with van der Waals surface area (Å²) in [6, 6.07) is 0. The van der Waals surface area contributed by atoms with Crippen LogP contribution in [0.15, 0.2) is 18.5 Å². The summed E-state index contributed by atoms with van der Waals surface area (Å²) in [5, 5.41) is 0. The van der Waals surface area contributed by atoms with Crippen molar-refractivity contribution in [3.05, 3.63) is 24.2 Å². The van der Waals surface area contributed by atoms with Gasteiger partial charge in [0.2, 0.25) is 5.88 Å². The third kappa shape index (κ3) is 2.35. The van der Waals surface area contributed by atoms with Crippen LogP contribution in [0.1, 0.15) is 31.9 Å². The smallest absolute Gasteiger partial charge is 0.232 e. The fourth-order valence-corrected chi connectivity index (χ4v) is 1.80. The Balaban J connectivity index is 2.22. The van der Waals surface area contributed by atoms with Crippen LogP contribution in [-0.2, 0) is 0 Å². The number of rotatable bonds is 2. The molecule has 0 saturated carbocycles. The van der Waals surface area contributed by atoms with Gasteiger partial charge in [-0.05, 0) is 30.8 Å². The second-order valence-corrected chi connectivity index (χ2v) is 4.06. The standard InChI is InChI=1S/C12H16N2O/c1-9-3-5-10(6-4-9)11-7-13-8-12(14-11)15-2/h5,7-9H,3-4,6H2,1-2H3. The number of hydrogen-bond acceptors (Lipinski definition) is 3. The van der Waals surface area contributed by atoms with E-state index in [9.17, 15) is 0 Å². The normalized spacial score (nSPS) is 20.9. The van der Waals surface area contributed by atoms with Crippen molar-refractivity contribution in [2.75, 3.05) is 7.11 Å². The summed E-state index contributed by atoms with van der Waals surface area (Å²) in [5.74, 6) is 1.39. The molecule has 0 aliphatic heterocycles. The third-order valence-corrected chi connectivity index (χ3v) is 2.82. The molecule has 3 nitrogen and oxygen atoms in total. The minimum Gasteiger partial charge on any atom is -0.480 e. The minimum absolute atomic E-state index is 0.590. The van der Waals surface area contributed by atoms with E-state index in [1.165, 1.54) is 12.0 Å². The van der Waals surface area contributed by atoms with Crippen LogP contribution in [0.3, 0.4) is 0 Å². The van der Waals surface area contributed by atoms with Gasteiger partial charge in [-0.1, -0.05) is 13.0 Å². The highest BCUT2D eigenvalue weighted by Gasteiger charge is 2.13. The van der Waals surface area contributed by atoms with Crippen molar-refractivity contribution >= 4 is 5.57 Å². The molecule has 0 fully saturated rings. The predicted molar refractivity (Wildman–Crippen MR) is 59.6 cm³/mol. The molecule has 0 saturated heterocycles. The summed E-state index contributed by atoms with van der Waals surface area (Å²) in [5.41, 5.74) is 2.26. The van der Waals surface area contributed by atoms with Crippen molar-refractivity contribution in [2.45, 2.75) is 26.2 Å². The van der Waals surface area contributed by atoms with Crippen LogP contribution in [-0.4, -0.2) is 17.1 Å². The van der Waals surface area contributed by atoms with E-state index in [2.05, 4.69) is 23.0 Å². The Hall–Kier alpha value is -1.38. The van der Waals surface area contributed by atoms with E-state index in [0.717, 1.165) is 24.5 Å². The van der Waals surface area contributed by atoms with E-state index in [4.69, 9.17) is 4.74 Å². The molecule has 1 unspecified atom stereocenters. The van der Waals surface area contributed by atoms with E-state index in [-0.39, 0.29) is 0 Å². The highest BCUT2D eigenvalue weighted by atomic mass is 16.5. The molecule has 1 aromatic rings. The zero-order valence-corrected chi connectivity index (χ0v) is 9.23. The first-order valence-electron chi connectivity index (χ1n) is 5.35. The van der Waals surface area contributed by atoms with Crippen LogP contribution in [0.5, 0.6) is 5.88 Å². The number of ether oxygens (including phenoxy) is 1. The van der Waals surface area contributed by atoms with Gasteiger partial charge >= 0.3 is 0 Å². The van der Waals surface area contributed by atoms with E-state index in [1.807, 2.05) is 6.20 Å². The van der Waals surface area contributed by atoms with Crippen molar-refractivity contribution in [3.8, 4) is 5.88 Å². The quantitative estimate of drug-likeness (QED) is 0.743. The van der Waals surface area contributed by atoms with E-state index >= 15 is 0 Å². The average Bonchev–Trinajstić information content (AvgIpc) is 2.30. The number of nitrogens with zero attached hydrogens (tertiary/aromatic N) is 2. The zero-order chi connectivity index (χ0) is 10.7. The Labute approximate surface area is 90.2 Å². The van der Waals surface area contributed by atoms with Gasteiger partial charge in [-0.15, -0.1) is 0 Å². The molecule has 15 heavy (non-hydrogen) atoms. The van der Waals surface area contributed by atoms with E-state index in [1.54, 1.807) is 13.3 Å². The van der Waals surface area contributed by atoms with Gasteiger partial charge in [-0.3, -0.25) is 4.98 Å². The van der Waals surface area contributed by atoms with Gasteiger partial charge in [0.1, 0.15) is 0 Å². The molecule has 0 bridgehead atoms. The highest BCUT2D eigenvalue weighted by molar-refractivity contribution is 5.62. The monoisotopic (exact) mass is 204 g/mol. The number of hydrogen-bond donors (Lipinski definition) is 0. The Morgan fingerprint density at radius 2 is 2.27 bits per heavy atom. The zero-order valence-electron chi connectivity index (χ0n) is 9.23. The lowest BCUT2D eigenvalue weighted by Gasteiger charge is -2.17. The molecule has 0 spiro atoms. The maximum absolute atomic E-state index is 5.07. The van der Waals surface area contributed by atoms with Gasteiger partial charge in [0.15, 0.2) is 0 Å². The lowest BCUT2D eigenvalue weighted by molar-refractivity contribution is 0.395. The second kappa shape index (κ2) is 4.43. The van der Waals surface area contributed by atoms with Crippen molar-refractivity contribution in [1.82, 2.24) is 9.97 Å². The maximum atomic E-state index is 5.07. The number of aromatic nitrogens is 2. The molecule has 0 amide bonds. The van der Waals surface area contributed by atoms with Crippen LogP contribution in [0.25, 0.3) is 5.57 Å². The minimum atomic E-state index is 0.590. The molecule has 1 aromatic heterocycles. The summed E-state index contributed by atoms with van der Waals surface area (Å²) in [6.07, 6.45) is 9.21.